The number of hydrogen-bond donors (Lipinski definition) is 0. The minimum atomic E-state index is -3.27. The molecule has 9 aromatic rings. The van der Waals surface area contributed by atoms with Crippen LogP contribution in [0, 0.1) is 53.3 Å². The third kappa shape index (κ3) is 18.2. The lowest BCUT2D eigenvalue weighted by Crippen LogP contribution is -2.56. The number of carbonyl (C=O) groups is 4. The van der Waals surface area contributed by atoms with Crippen LogP contribution in [0.25, 0.3) is 5.65 Å². The van der Waals surface area contributed by atoms with Gasteiger partial charge in [0.05, 0.1) is 101 Å². The summed E-state index contributed by atoms with van der Waals surface area (Å²) in [6.45, 7) is 8.05. The Morgan fingerprint density at radius 1 is 0.391 bits per heavy atom. The van der Waals surface area contributed by atoms with Crippen LogP contribution in [-0.4, -0.2) is 230 Å². The SMILES string of the molecule is CN(C)C1(c2ccccc2)CCC2(CC1)CN(c1ccc(S(C)(=O)=O)cc1)C(=O)N2CC1CCC1.CN(C)C1(c2ccccc2)CCC2(CC1)CN(c1ccccc1C#N)C(=O)N2CC1CCC1.COc1ccc(N2CC3(CCC(c4ccccc4)(N(C)C)CC3)N(CC3CCC3)C2=O)c(C#N)c1.Cc1cn2cc(N3CC4(CCC(c5ccccc5)(N(C)C)CC4)N(CC4CCC4)C3=O)ncc2n1. The maximum absolute atomic E-state index is 13.9. The van der Waals surface area contributed by atoms with Crippen LogP contribution in [0.3, 0.4) is 0 Å². The lowest BCUT2D eigenvalue weighted by Gasteiger charge is -2.51. The average Bonchev–Trinajstić information content (AvgIpc) is 1.57. The molecule has 24 nitrogen and oxygen atoms in total. The van der Waals surface area contributed by atoms with Crippen LogP contribution < -0.4 is 24.3 Å². The highest BCUT2D eigenvalue weighted by Crippen LogP contribution is 2.57. The minimum Gasteiger partial charge on any atom is -0.497 e. The molecule has 728 valence electrons. The normalized spacial score (nSPS) is 27.4. The minimum absolute atomic E-state index is 0.00429. The fourth-order valence-corrected chi connectivity index (χ4v) is 26.4. The molecule has 4 spiro atoms. The van der Waals surface area contributed by atoms with E-state index in [2.05, 4.69) is 239 Å². The maximum Gasteiger partial charge on any atom is 0.326 e. The van der Waals surface area contributed by atoms with Gasteiger partial charge in [-0.3, -0.25) is 39.2 Å². The van der Waals surface area contributed by atoms with E-state index in [0.29, 0.717) is 72.4 Å². The number of benzene rings is 7. The van der Waals surface area contributed by atoms with Gasteiger partial charge in [-0.25, -0.2) is 37.6 Å². The number of nitriles is 2. The molecule has 12 aliphatic rings. The highest BCUT2D eigenvalue weighted by molar-refractivity contribution is 7.90. The summed E-state index contributed by atoms with van der Waals surface area (Å²) in [6.07, 6.45) is 37.7. The van der Waals surface area contributed by atoms with Crippen molar-refractivity contribution < 1.29 is 32.3 Å². The molecule has 0 radical (unpaired) electrons. The van der Waals surface area contributed by atoms with Crippen molar-refractivity contribution in [2.45, 2.75) is 236 Å². The second-order valence-electron chi connectivity index (χ2n) is 43.5. The van der Waals surface area contributed by atoms with Gasteiger partial charge in [0.15, 0.2) is 21.3 Å². The molecule has 8 saturated carbocycles. The third-order valence-electron chi connectivity index (χ3n) is 35.5. The first-order chi connectivity index (χ1) is 66.5. The van der Waals surface area contributed by atoms with Gasteiger partial charge in [-0.05, 0) is 318 Å². The topological polar surface area (TPSA) is 228 Å². The number of carbonyl (C=O) groups excluding carboxylic acids is 4. The number of nitrogens with zero attached hydrogens (tertiary/aromatic N) is 17. The van der Waals surface area contributed by atoms with E-state index in [9.17, 15) is 38.1 Å². The van der Waals surface area contributed by atoms with Gasteiger partial charge in [0.1, 0.15) is 17.9 Å². The Morgan fingerprint density at radius 2 is 0.710 bits per heavy atom. The Kier molecular flexibility index (Phi) is 27.8. The zero-order valence-electron chi connectivity index (χ0n) is 83.3. The van der Waals surface area contributed by atoms with E-state index in [-0.39, 0.29) is 73.3 Å². The lowest BCUT2D eigenvalue weighted by molar-refractivity contribution is 0.0172. The van der Waals surface area contributed by atoms with Gasteiger partial charge in [0.25, 0.3) is 0 Å². The van der Waals surface area contributed by atoms with Crippen molar-refractivity contribution in [2.24, 2.45) is 23.7 Å². The van der Waals surface area contributed by atoms with Gasteiger partial charge >= 0.3 is 24.1 Å². The second kappa shape index (κ2) is 39.5. The van der Waals surface area contributed by atoms with E-state index in [1.807, 2.05) is 79.7 Å². The molecule has 0 bridgehead atoms. The van der Waals surface area contributed by atoms with E-state index in [1.165, 1.54) is 106 Å². The Bertz CT molecular complexity index is 6010. The van der Waals surface area contributed by atoms with Crippen molar-refractivity contribution in [1.82, 2.24) is 53.6 Å². The molecule has 12 fully saturated rings. The van der Waals surface area contributed by atoms with Gasteiger partial charge in [0.2, 0.25) is 0 Å². The number of hydrogen-bond acceptors (Lipinski definition) is 15. The van der Waals surface area contributed by atoms with Crippen LogP contribution in [0.15, 0.2) is 212 Å². The predicted molar refractivity (Wildman–Crippen MR) is 545 cm³/mol. The number of urea groups is 4. The summed E-state index contributed by atoms with van der Waals surface area (Å²) in [7, 11) is 15.8. The van der Waals surface area contributed by atoms with Crippen LogP contribution in [0.5, 0.6) is 5.75 Å². The largest absolute Gasteiger partial charge is 0.497 e. The molecule has 0 atom stereocenters. The summed E-state index contributed by atoms with van der Waals surface area (Å²) in [4.78, 5) is 90.9. The molecule has 8 amide bonds. The number of sulfone groups is 1. The van der Waals surface area contributed by atoms with Crippen molar-refractivity contribution in [3.63, 3.8) is 0 Å². The third-order valence-corrected chi connectivity index (χ3v) is 36.7. The Labute approximate surface area is 818 Å². The first-order valence-electron chi connectivity index (χ1n) is 50.9. The number of imidazole rings is 1. The van der Waals surface area contributed by atoms with Gasteiger partial charge in [0, 0.05) is 66.5 Å². The average molecular weight is 1880 g/mol. The van der Waals surface area contributed by atoms with Gasteiger partial charge in [-0.2, -0.15) is 10.5 Å². The van der Waals surface area contributed by atoms with Gasteiger partial charge in [-0.15, -0.1) is 0 Å². The quantitative estimate of drug-likeness (QED) is 0.0614. The molecule has 4 saturated heterocycles. The van der Waals surface area contributed by atoms with E-state index in [1.54, 1.807) is 43.6 Å². The molecule has 0 unspecified atom stereocenters. The maximum atomic E-state index is 13.9. The van der Waals surface area contributed by atoms with Crippen molar-refractivity contribution in [1.29, 1.82) is 10.5 Å². The molecule has 4 aliphatic heterocycles. The first kappa shape index (κ1) is 97.1. The number of ether oxygens (including phenoxy) is 1. The Morgan fingerprint density at radius 3 is 1.04 bits per heavy atom. The number of fused-ring (bicyclic) bond motifs is 1. The molecule has 25 heteroatoms. The molecule has 21 rings (SSSR count). The summed E-state index contributed by atoms with van der Waals surface area (Å²) in [5, 5.41) is 19.5. The summed E-state index contributed by atoms with van der Waals surface area (Å²) in [5.74, 6) is 3.80. The van der Waals surface area contributed by atoms with Gasteiger partial charge in [-0.1, -0.05) is 159 Å². The fraction of sp³-hybridized carbons (Fsp3) is 0.522. The number of methoxy groups -OCH3 is 1. The number of rotatable bonds is 22. The molecule has 6 heterocycles. The van der Waals surface area contributed by atoms with Gasteiger partial charge < -0.3 is 28.7 Å². The standard InChI is InChI=1S/C29H36N4O2.C28H36N6O.C28H34N4O.C28H37N3O3S/c1-31(2)29(24-10-5-4-6-11-24)16-14-28(15-17-29)21-32(27(34)33(28)20-22-8-7-9-22)26-13-12-25(35-3)18-23(26)19-30;1-21-17-32-19-25(29-16-24(32)30-21)33-20-27(34(26(33)35)18-22-8-7-9-22)12-14-28(15-13-27,31(2)3)23-10-5-4-6-11-23;1-30(2)28(24-12-4-3-5-13-24)17-15-27(16-18-28)21-31(25-14-7-6-11-23(25)19-29)26(33)32(27)20-22-9-8-10-22;1-29(2)28(23-10-5-4-6-11-23)18-16-27(17-19-28)21-30(26(32)31(27)20-22-8-7-9-22)24-12-14-25(15-13-24)35(3,33)34/h4-6,10-13,18,22H,7-9,14-17,20-21H2,1-3H3;4-6,10-11,16-17,19,22H,7-9,12-15,18,20H2,1-3H3;3-7,11-14,22H,8-10,15-18,20-21H2,1-2H3;4-6,10-15,22H,7-9,16-21H2,1-3H3. The van der Waals surface area contributed by atoms with Crippen LogP contribution in [0.4, 0.5) is 42.1 Å². The number of anilines is 4. The highest BCUT2D eigenvalue weighted by Gasteiger charge is 2.61. The van der Waals surface area contributed by atoms with Crippen LogP contribution in [-0.2, 0) is 32.0 Å². The molecule has 0 N–H and O–H groups in total. The van der Waals surface area contributed by atoms with Crippen LogP contribution in [0.2, 0.25) is 0 Å². The molecule has 8 aliphatic carbocycles. The molecule has 2 aromatic heterocycles. The summed E-state index contributed by atoms with van der Waals surface area (Å²) in [6, 6.07) is 68.1. The Balaban J connectivity index is 0.000000122. The first-order valence-corrected chi connectivity index (χ1v) is 52.8. The second-order valence-corrected chi connectivity index (χ2v) is 45.5. The van der Waals surface area contributed by atoms with Crippen LogP contribution >= 0.6 is 0 Å². The molecular weight excluding hydrogens is 1740 g/mol. The zero-order valence-corrected chi connectivity index (χ0v) is 84.1. The molecule has 138 heavy (non-hydrogen) atoms. The fourth-order valence-electron chi connectivity index (χ4n) is 25.8. The number of aryl methyl sites for hydroxylation is 1. The Hall–Kier alpha value is -11.2. The zero-order chi connectivity index (χ0) is 96.7. The van der Waals surface area contributed by atoms with E-state index >= 15 is 0 Å². The molecule has 7 aromatic carbocycles. The van der Waals surface area contributed by atoms with E-state index in [4.69, 9.17) is 4.74 Å². The summed E-state index contributed by atoms with van der Waals surface area (Å²) < 4.78 is 31.2. The van der Waals surface area contributed by atoms with Crippen LogP contribution in [0.1, 0.15) is 219 Å². The van der Waals surface area contributed by atoms with Crippen molar-refractivity contribution >= 4 is 62.5 Å². The number of aromatic nitrogens is 3. The highest BCUT2D eigenvalue weighted by atomic mass is 32.2. The summed E-state index contributed by atoms with van der Waals surface area (Å²) in [5.41, 5.74) is 9.79. The monoisotopic (exact) mass is 1880 g/mol. The number of para-hydroxylation sites is 1. The van der Waals surface area contributed by atoms with E-state index < -0.39 is 9.84 Å². The summed E-state index contributed by atoms with van der Waals surface area (Å²) >= 11 is 0. The van der Waals surface area contributed by atoms with Crippen molar-refractivity contribution in [3.8, 4) is 17.9 Å². The van der Waals surface area contributed by atoms with Crippen molar-refractivity contribution in [2.75, 3.05) is 142 Å². The van der Waals surface area contributed by atoms with Crippen molar-refractivity contribution in [3.05, 3.63) is 246 Å². The lowest BCUT2D eigenvalue weighted by atomic mass is 9.68. The van der Waals surface area contributed by atoms with E-state index in [0.717, 1.165) is 157 Å². The molecular formula is C113H143N17O7S. The smallest absolute Gasteiger partial charge is 0.326 e. The number of amides is 8. The predicted octanol–water partition coefficient (Wildman–Crippen LogP) is 20.5.